The third-order valence-electron chi connectivity index (χ3n) is 13.4. The number of hydrogen-bond acceptors (Lipinski definition) is 5. The highest BCUT2D eigenvalue weighted by Gasteiger charge is 2.24. The highest BCUT2D eigenvalue weighted by Crippen LogP contribution is 2.18. The van der Waals surface area contributed by atoms with Crippen LogP contribution in [-0.4, -0.2) is 46.9 Å². The molecule has 0 spiro atoms. The van der Waals surface area contributed by atoms with Gasteiger partial charge in [-0.25, -0.2) is 0 Å². The first-order valence-electron chi connectivity index (χ1n) is 29.2. The van der Waals surface area contributed by atoms with Crippen molar-refractivity contribution in [2.24, 2.45) is 0 Å². The van der Waals surface area contributed by atoms with Gasteiger partial charge in [-0.2, -0.15) is 0 Å². The maximum absolute atomic E-state index is 13.3. The Kier molecular flexibility index (Phi) is 52.5. The normalized spacial score (nSPS) is 13.3. The summed E-state index contributed by atoms with van der Waals surface area (Å²) in [7, 11) is 0. The van der Waals surface area contributed by atoms with Crippen LogP contribution < -0.4 is 5.32 Å². The van der Waals surface area contributed by atoms with E-state index in [1.54, 1.807) is 0 Å². The second-order valence-corrected chi connectivity index (χ2v) is 20.0. The summed E-state index contributed by atoms with van der Waals surface area (Å²) in [6.45, 7) is 6.48. The Morgan fingerprint density at radius 1 is 0.439 bits per heavy atom. The molecule has 388 valence electrons. The number of hydrogen-bond donors (Lipinski definition) is 3. The maximum Gasteiger partial charge on any atom is 0.306 e. The zero-order valence-corrected chi connectivity index (χ0v) is 44.3. The van der Waals surface area contributed by atoms with Gasteiger partial charge in [-0.1, -0.05) is 250 Å². The van der Waals surface area contributed by atoms with E-state index in [4.69, 9.17) is 4.74 Å². The fraction of sp³-hybridized carbons (Fsp3) is 0.867. The molecule has 0 saturated heterocycles. The number of ether oxygens (including phenoxy) is 1. The predicted octanol–water partition coefficient (Wildman–Crippen LogP) is 18.0. The minimum Gasteiger partial charge on any atom is -0.462 e. The number of unbranched alkanes of at least 4 members (excludes halogenated alkanes) is 35. The molecular formula is C60H113NO5. The first kappa shape index (κ1) is 64.1. The van der Waals surface area contributed by atoms with Gasteiger partial charge < -0.3 is 20.3 Å². The first-order valence-corrected chi connectivity index (χ1v) is 29.2. The highest BCUT2D eigenvalue weighted by atomic mass is 16.5. The van der Waals surface area contributed by atoms with Crippen molar-refractivity contribution in [2.75, 3.05) is 6.61 Å². The van der Waals surface area contributed by atoms with E-state index in [-0.39, 0.29) is 24.9 Å². The van der Waals surface area contributed by atoms with Crippen molar-refractivity contribution < 1.29 is 24.5 Å². The van der Waals surface area contributed by atoms with Gasteiger partial charge in [0.05, 0.1) is 25.2 Å². The van der Waals surface area contributed by atoms with Gasteiger partial charge in [-0.3, -0.25) is 9.59 Å². The standard InChI is InChI=1S/C60H113NO5/c1-4-7-10-13-16-19-22-25-27-28-29-30-32-35-38-41-44-47-50-53-60(65)66-56(51-48-45-42-39-36-34-31-26-23-20-17-14-11-8-5-2)54-59(64)61-57(55-62)58(63)52-49-46-43-40-37-33-24-21-18-15-12-9-6-3/h17,20,25-27,31,56-58,62-63H,4-16,18-19,21-24,28-30,32-55H2,1-3H3,(H,61,64)/b20-17-,27-25+,31-26-. The van der Waals surface area contributed by atoms with Crippen molar-refractivity contribution in [1.29, 1.82) is 0 Å². The summed E-state index contributed by atoms with van der Waals surface area (Å²) in [5.41, 5.74) is 0. The summed E-state index contributed by atoms with van der Waals surface area (Å²) in [6.07, 6.45) is 64.9. The summed E-state index contributed by atoms with van der Waals surface area (Å²) < 4.78 is 5.96. The Hall–Kier alpha value is -1.92. The second-order valence-electron chi connectivity index (χ2n) is 20.0. The van der Waals surface area contributed by atoms with Crippen LogP contribution in [0.25, 0.3) is 0 Å². The van der Waals surface area contributed by atoms with Gasteiger partial charge in [-0.15, -0.1) is 0 Å². The summed E-state index contributed by atoms with van der Waals surface area (Å²) >= 11 is 0. The van der Waals surface area contributed by atoms with Gasteiger partial charge >= 0.3 is 5.97 Å². The molecule has 3 unspecified atom stereocenters. The number of rotatable bonds is 53. The number of allylic oxidation sites excluding steroid dienone is 6. The van der Waals surface area contributed by atoms with E-state index in [0.29, 0.717) is 19.3 Å². The largest absolute Gasteiger partial charge is 0.462 e. The smallest absolute Gasteiger partial charge is 0.306 e. The van der Waals surface area contributed by atoms with Gasteiger partial charge in [0.2, 0.25) is 5.91 Å². The quantitative estimate of drug-likeness (QED) is 0.0321. The Morgan fingerprint density at radius 3 is 1.20 bits per heavy atom. The van der Waals surface area contributed by atoms with E-state index in [0.717, 1.165) is 64.2 Å². The minimum atomic E-state index is -0.790. The lowest BCUT2D eigenvalue weighted by Crippen LogP contribution is -2.46. The molecule has 3 atom stereocenters. The lowest BCUT2D eigenvalue weighted by molar-refractivity contribution is -0.151. The molecule has 0 radical (unpaired) electrons. The van der Waals surface area contributed by atoms with Crippen LogP contribution in [0, 0.1) is 0 Å². The third kappa shape index (κ3) is 48.5. The zero-order valence-electron chi connectivity index (χ0n) is 44.3. The molecule has 66 heavy (non-hydrogen) atoms. The maximum atomic E-state index is 13.3. The van der Waals surface area contributed by atoms with Crippen molar-refractivity contribution in [2.45, 2.75) is 328 Å². The molecule has 0 heterocycles. The number of nitrogens with one attached hydrogen (secondary N) is 1. The van der Waals surface area contributed by atoms with Gasteiger partial charge in [0.25, 0.3) is 0 Å². The molecule has 0 aromatic rings. The molecule has 6 nitrogen and oxygen atoms in total. The average Bonchev–Trinajstić information content (AvgIpc) is 3.31. The van der Waals surface area contributed by atoms with Crippen LogP contribution in [0.2, 0.25) is 0 Å². The predicted molar refractivity (Wildman–Crippen MR) is 287 cm³/mol. The fourth-order valence-corrected chi connectivity index (χ4v) is 8.99. The second kappa shape index (κ2) is 54.0. The SMILES string of the molecule is CCCCC/C=C\C/C=C\CCCCCCCC(CC(=O)NC(CO)C(O)CCCCCCCCCCCCCCC)OC(=O)CCCCCCCCCCC/C=C/CCCCCCCC. The third-order valence-corrected chi connectivity index (χ3v) is 13.4. The fourth-order valence-electron chi connectivity index (χ4n) is 8.99. The van der Waals surface area contributed by atoms with Crippen LogP contribution in [-0.2, 0) is 14.3 Å². The van der Waals surface area contributed by atoms with Crippen molar-refractivity contribution in [3.05, 3.63) is 36.5 Å². The molecule has 1 amide bonds. The van der Waals surface area contributed by atoms with Crippen molar-refractivity contribution >= 4 is 11.9 Å². The Balaban J connectivity index is 4.54. The number of esters is 1. The lowest BCUT2D eigenvalue weighted by atomic mass is 10.0. The van der Waals surface area contributed by atoms with E-state index in [1.165, 1.54) is 199 Å². The summed E-state index contributed by atoms with van der Waals surface area (Å²) in [5.74, 6) is -0.476. The van der Waals surface area contributed by atoms with Crippen LogP contribution >= 0.6 is 0 Å². The molecule has 0 aromatic carbocycles. The first-order chi connectivity index (χ1) is 32.5. The lowest BCUT2D eigenvalue weighted by Gasteiger charge is -2.24. The van der Waals surface area contributed by atoms with Crippen LogP contribution in [0.3, 0.4) is 0 Å². The number of carbonyl (C=O) groups excluding carboxylic acids is 2. The minimum absolute atomic E-state index is 0.0705. The van der Waals surface area contributed by atoms with Gasteiger partial charge in [0.15, 0.2) is 0 Å². The molecule has 0 saturated carbocycles. The summed E-state index contributed by atoms with van der Waals surface area (Å²) in [5, 5.41) is 23.9. The zero-order chi connectivity index (χ0) is 48.1. The Morgan fingerprint density at radius 2 is 0.773 bits per heavy atom. The molecule has 0 rings (SSSR count). The molecule has 0 fully saturated rings. The molecule has 6 heteroatoms. The van der Waals surface area contributed by atoms with Crippen molar-refractivity contribution in [3.8, 4) is 0 Å². The summed E-state index contributed by atoms with van der Waals surface area (Å²) in [4.78, 5) is 26.3. The molecule has 0 bridgehead atoms. The van der Waals surface area contributed by atoms with Gasteiger partial charge in [0, 0.05) is 6.42 Å². The van der Waals surface area contributed by atoms with E-state index in [1.807, 2.05) is 0 Å². The average molecular weight is 929 g/mol. The van der Waals surface area contributed by atoms with Gasteiger partial charge in [0.1, 0.15) is 6.10 Å². The number of aliphatic hydroxyl groups excluding tert-OH is 2. The number of aliphatic hydroxyl groups is 2. The molecule has 0 aliphatic heterocycles. The highest BCUT2D eigenvalue weighted by molar-refractivity contribution is 5.77. The summed E-state index contributed by atoms with van der Waals surface area (Å²) in [6, 6.07) is -0.705. The van der Waals surface area contributed by atoms with Crippen molar-refractivity contribution in [3.63, 3.8) is 0 Å². The van der Waals surface area contributed by atoms with E-state index in [2.05, 4.69) is 62.5 Å². The van der Waals surface area contributed by atoms with Crippen molar-refractivity contribution in [1.82, 2.24) is 5.32 Å². The van der Waals surface area contributed by atoms with Crippen LogP contribution in [0.15, 0.2) is 36.5 Å². The molecule has 0 aliphatic carbocycles. The van der Waals surface area contributed by atoms with Crippen LogP contribution in [0.1, 0.15) is 310 Å². The monoisotopic (exact) mass is 928 g/mol. The molecule has 0 aromatic heterocycles. The van der Waals surface area contributed by atoms with E-state index in [9.17, 15) is 19.8 Å². The molecular weight excluding hydrogens is 815 g/mol. The molecule has 3 N–H and O–H groups in total. The van der Waals surface area contributed by atoms with E-state index < -0.39 is 18.2 Å². The van der Waals surface area contributed by atoms with Crippen LogP contribution in [0.5, 0.6) is 0 Å². The van der Waals surface area contributed by atoms with Crippen LogP contribution in [0.4, 0.5) is 0 Å². The number of amides is 1. The Labute approximate surface area is 411 Å². The number of carbonyl (C=O) groups is 2. The topological polar surface area (TPSA) is 95.9 Å². The van der Waals surface area contributed by atoms with E-state index >= 15 is 0 Å². The van der Waals surface area contributed by atoms with Gasteiger partial charge in [-0.05, 0) is 83.5 Å². The molecule has 0 aliphatic rings. The Bertz CT molecular complexity index is 1090.